The minimum atomic E-state index is 0.400. The lowest BCUT2D eigenvalue weighted by Crippen LogP contribution is -2.03. The van der Waals surface area contributed by atoms with Crippen LogP contribution in [0.2, 0.25) is 0 Å². The first-order valence-electron chi connectivity index (χ1n) is 4.00. The SMILES string of the molecule is Nc1cc(N)nc(Cc2cncs2)n1. The first-order chi connectivity index (χ1) is 6.74. The molecule has 0 atom stereocenters. The molecule has 2 aromatic heterocycles. The van der Waals surface area contributed by atoms with Gasteiger partial charge in [-0.3, -0.25) is 4.98 Å². The van der Waals surface area contributed by atoms with Crippen molar-refractivity contribution >= 4 is 23.0 Å². The minimum Gasteiger partial charge on any atom is -0.384 e. The fourth-order valence-corrected chi connectivity index (χ4v) is 1.69. The van der Waals surface area contributed by atoms with Crippen LogP contribution in [0.25, 0.3) is 0 Å². The Kier molecular flexibility index (Phi) is 2.28. The van der Waals surface area contributed by atoms with E-state index in [1.807, 2.05) is 0 Å². The predicted molar refractivity (Wildman–Crippen MR) is 55.8 cm³/mol. The van der Waals surface area contributed by atoms with Crippen molar-refractivity contribution < 1.29 is 0 Å². The van der Waals surface area contributed by atoms with E-state index in [1.54, 1.807) is 23.0 Å². The number of nitrogen functional groups attached to an aromatic ring is 2. The summed E-state index contributed by atoms with van der Waals surface area (Å²) in [7, 11) is 0. The van der Waals surface area contributed by atoms with Crippen LogP contribution in [0.4, 0.5) is 11.6 Å². The van der Waals surface area contributed by atoms with Crippen LogP contribution < -0.4 is 11.5 Å². The van der Waals surface area contributed by atoms with Crippen LogP contribution in [0.5, 0.6) is 0 Å². The zero-order chi connectivity index (χ0) is 9.97. The second-order valence-electron chi connectivity index (χ2n) is 2.78. The number of nitrogens with two attached hydrogens (primary N) is 2. The van der Waals surface area contributed by atoms with Crippen molar-refractivity contribution in [2.45, 2.75) is 6.42 Å². The Hall–Kier alpha value is -1.69. The molecule has 0 aliphatic rings. The third kappa shape index (κ3) is 1.97. The van der Waals surface area contributed by atoms with Crippen LogP contribution >= 0.6 is 11.3 Å². The van der Waals surface area contributed by atoms with Gasteiger partial charge in [0, 0.05) is 23.6 Å². The number of hydrogen-bond donors (Lipinski definition) is 2. The highest BCUT2D eigenvalue weighted by molar-refractivity contribution is 7.09. The number of anilines is 2. The summed E-state index contributed by atoms with van der Waals surface area (Å²) in [4.78, 5) is 13.2. The summed E-state index contributed by atoms with van der Waals surface area (Å²) < 4.78 is 0. The Bertz CT molecular complexity index is 405. The molecular weight excluding hydrogens is 198 g/mol. The predicted octanol–water partition coefficient (Wildman–Crippen LogP) is 0.688. The topological polar surface area (TPSA) is 90.7 Å². The molecule has 0 bridgehead atoms. The van der Waals surface area contributed by atoms with E-state index in [9.17, 15) is 0 Å². The first-order valence-corrected chi connectivity index (χ1v) is 4.88. The molecule has 2 aromatic rings. The summed E-state index contributed by atoms with van der Waals surface area (Å²) in [6.45, 7) is 0. The van der Waals surface area contributed by atoms with Gasteiger partial charge in [0.2, 0.25) is 0 Å². The Balaban J connectivity index is 2.25. The van der Waals surface area contributed by atoms with Crippen molar-refractivity contribution in [1.82, 2.24) is 15.0 Å². The highest BCUT2D eigenvalue weighted by Gasteiger charge is 2.03. The van der Waals surface area contributed by atoms with E-state index in [4.69, 9.17) is 11.5 Å². The van der Waals surface area contributed by atoms with E-state index in [0.29, 0.717) is 23.9 Å². The smallest absolute Gasteiger partial charge is 0.138 e. The number of nitrogens with zero attached hydrogens (tertiary/aromatic N) is 3. The maximum atomic E-state index is 5.55. The quantitative estimate of drug-likeness (QED) is 0.756. The van der Waals surface area contributed by atoms with Crippen LogP contribution in [0.1, 0.15) is 10.7 Å². The summed E-state index contributed by atoms with van der Waals surface area (Å²) in [6, 6.07) is 1.54. The van der Waals surface area contributed by atoms with E-state index >= 15 is 0 Å². The standard InChI is InChI=1S/C8H9N5S/c9-6-2-7(10)13-8(12-6)1-5-3-11-4-14-5/h2-4H,1H2,(H4,9,10,12,13). The van der Waals surface area contributed by atoms with Gasteiger partial charge in [0.05, 0.1) is 5.51 Å². The molecule has 0 saturated carbocycles. The van der Waals surface area contributed by atoms with Crippen molar-refractivity contribution in [2.24, 2.45) is 0 Å². The lowest BCUT2D eigenvalue weighted by molar-refractivity contribution is 0.991. The van der Waals surface area contributed by atoms with Gasteiger partial charge in [-0.2, -0.15) is 0 Å². The van der Waals surface area contributed by atoms with Gasteiger partial charge < -0.3 is 11.5 Å². The number of hydrogen-bond acceptors (Lipinski definition) is 6. The zero-order valence-corrected chi connectivity index (χ0v) is 8.16. The lowest BCUT2D eigenvalue weighted by Gasteiger charge is -2.00. The van der Waals surface area contributed by atoms with Crippen molar-refractivity contribution in [3.8, 4) is 0 Å². The normalized spacial score (nSPS) is 10.3. The molecule has 0 unspecified atom stereocenters. The van der Waals surface area contributed by atoms with Gasteiger partial charge in [-0.1, -0.05) is 0 Å². The summed E-state index contributed by atoms with van der Waals surface area (Å²) in [5, 5.41) is 0. The Morgan fingerprint density at radius 3 is 2.50 bits per heavy atom. The number of aromatic nitrogens is 3. The molecule has 5 nitrogen and oxygen atoms in total. The van der Waals surface area contributed by atoms with E-state index in [-0.39, 0.29) is 0 Å². The average Bonchev–Trinajstić information content (AvgIpc) is 2.54. The van der Waals surface area contributed by atoms with E-state index in [1.165, 1.54) is 6.07 Å². The maximum absolute atomic E-state index is 5.55. The highest BCUT2D eigenvalue weighted by atomic mass is 32.1. The van der Waals surface area contributed by atoms with Gasteiger partial charge in [-0.05, 0) is 0 Å². The van der Waals surface area contributed by atoms with E-state index in [0.717, 1.165) is 4.88 Å². The Labute approximate surface area is 84.8 Å². The van der Waals surface area contributed by atoms with Gasteiger partial charge in [0.15, 0.2) is 0 Å². The molecule has 0 aliphatic carbocycles. The molecule has 0 radical (unpaired) electrons. The largest absolute Gasteiger partial charge is 0.384 e. The molecular formula is C8H9N5S. The van der Waals surface area contributed by atoms with E-state index in [2.05, 4.69) is 15.0 Å². The fraction of sp³-hybridized carbons (Fsp3) is 0.125. The van der Waals surface area contributed by atoms with Gasteiger partial charge in [-0.25, -0.2) is 9.97 Å². The van der Waals surface area contributed by atoms with Crippen LogP contribution in [0, 0.1) is 0 Å². The van der Waals surface area contributed by atoms with Gasteiger partial charge in [0.1, 0.15) is 17.5 Å². The average molecular weight is 207 g/mol. The number of rotatable bonds is 2. The fourth-order valence-electron chi connectivity index (χ4n) is 1.10. The highest BCUT2D eigenvalue weighted by Crippen LogP contribution is 2.12. The van der Waals surface area contributed by atoms with Crippen molar-refractivity contribution in [1.29, 1.82) is 0 Å². The molecule has 0 aliphatic heterocycles. The third-order valence-electron chi connectivity index (χ3n) is 1.63. The van der Waals surface area contributed by atoms with Gasteiger partial charge in [0.25, 0.3) is 0 Å². The molecule has 2 heterocycles. The monoisotopic (exact) mass is 207 g/mol. The summed E-state index contributed by atoms with van der Waals surface area (Å²) in [5.41, 5.74) is 12.9. The summed E-state index contributed by atoms with van der Waals surface area (Å²) >= 11 is 1.56. The van der Waals surface area contributed by atoms with Crippen LogP contribution in [0.15, 0.2) is 17.8 Å². The van der Waals surface area contributed by atoms with Crippen molar-refractivity contribution in [3.63, 3.8) is 0 Å². The summed E-state index contributed by atoms with van der Waals surface area (Å²) in [5.74, 6) is 1.43. The summed E-state index contributed by atoms with van der Waals surface area (Å²) in [6.07, 6.45) is 2.41. The second-order valence-corrected chi connectivity index (χ2v) is 3.75. The lowest BCUT2D eigenvalue weighted by atomic mass is 10.3. The second kappa shape index (κ2) is 3.59. The third-order valence-corrected chi connectivity index (χ3v) is 2.41. The Morgan fingerprint density at radius 1 is 1.21 bits per heavy atom. The maximum Gasteiger partial charge on any atom is 0.138 e. The van der Waals surface area contributed by atoms with Gasteiger partial charge >= 0.3 is 0 Å². The molecule has 0 amide bonds. The molecule has 72 valence electrons. The van der Waals surface area contributed by atoms with Crippen molar-refractivity contribution in [2.75, 3.05) is 11.5 Å². The molecule has 0 spiro atoms. The zero-order valence-electron chi connectivity index (χ0n) is 7.34. The molecule has 6 heteroatoms. The first kappa shape index (κ1) is 8.89. The molecule has 0 aromatic carbocycles. The van der Waals surface area contributed by atoms with E-state index < -0.39 is 0 Å². The van der Waals surface area contributed by atoms with Crippen LogP contribution in [-0.4, -0.2) is 15.0 Å². The molecule has 0 fully saturated rings. The molecule has 14 heavy (non-hydrogen) atoms. The number of thiazole rings is 1. The van der Waals surface area contributed by atoms with Crippen LogP contribution in [-0.2, 0) is 6.42 Å². The van der Waals surface area contributed by atoms with Gasteiger partial charge in [-0.15, -0.1) is 11.3 Å². The Morgan fingerprint density at radius 2 is 1.93 bits per heavy atom. The molecule has 4 N–H and O–H groups in total. The molecule has 0 saturated heterocycles. The van der Waals surface area contributed by atoms with Crippen LogP contribution in [0.3, 0.4) is 0 Å². The minimum absolute atomic E-state index is 0.400. The molecule has 2 rings (SSSR count). The van der Waals surface area contributed by atoms with Crippen molar-refractivity contribution in [3.05, 3.63) is 28.5 Å².